The molecule has 0 unspecified atom stereocenters. The van der Waals surface area contributed by atoms with Crippen LogP contribution in [-0.4, -0.2) is 72.6 Å². The summed E-state index contributed by atoms with van der Waals surface area (Å²) in [5, 5.41) is 5.09. The maximum absolute atomic E-state index is 13.4. The average Bonchev–Trinajstić information content (AvgIpc) is 3.09. The van der Waals surface area contributed by atoms with Gasteiger partial charge < -0.3 is 10.1 Å². The standard InChI is InChI=1S/C27H30N4O3/c1-27(23-12-11-21-7-5-6-8-22(21)19-23)25(32)31(26(33)28-27)20-30-15-13-29(14-16-30)17-18-34-24-9-3-2-4-10-24/h2-12,19H,13-18,20H2,1H3,(H,28,33)/t27-/m0/s1. The van der Waals surface area contributed by atoms with Gasteiger partial charge in [-0.15, -0.1) is 0 Å². The highest BCUT2D eigenvalue weighted by Crippen LogP contribution is 2.31. The molecule has 0 bridgehead atoms. The van der Waals surface area contributed by atoms with Crippen LogP contribution >= 0.6 is 0 Å². The first kappa shape index (κ1) is 22.4. The zero-order chi connectivity index (χ0) is 23.5. The molecule has 0 aliphatic carbocycles. The maximum Gasteiger partial charge on any atom is 0.326 e. The molecule has 3 aromatic rings. The van der Waals surface area contributed by atoms with E-state index in [9.17, 15) is 9.59 Å². The molecule has 2 aliphatic rings. The molecule has 0 aromatic heterocycles. The topological polar surface area (TPSA) is 65.1 Å². The number of nitrogens with one attached hydrogen (secondary N) is 1. The van der Waals surface area contributed by atoms with E-state index in [0.717, 1.165) is 54.8 Å². The molecule has 2 heterocycles. The first-order valence-electron chi connectivity index (χ1n) is 11.8. The number of fused-ring (bicyclic) bond motifs is 1. The number of carbonyl (C=O) groups is 2. The Morgan fingerprint density at radius 1 is 0.853 bits per heavy atom. The van der Waals surface area contributed by atoms with Gasteiger partial charge in [-0.1, -0.05) is 54.6 Å². The fourth-order valence-corrected chi connectivity index (χ4v) is 4.69. The Bertz CT molecular complexity index is 1180. The van der Waals surface area contributed by atoms with Gasteiger partial charge in [0, 0.05) is 32.7 Å². The summed E-state index contributed by atoms with van der Waals surface area (Å²) >= 11 is 0. The molecule has 5 rings (SSSR count). The Balaban J connectivity index is 1.16. The average molecular weight is 459 g/mol. The smallest absolute Gasteiger partial charge is 0.326 e. The molecule has 3 aromatic carbocycles. The van der Waals surface area contributed by atoms with Crippen molar-refractivity contribution in [1.82, 2.24) is 20.0 Å². The number of hydrogen-bond acceptors (Lipinski definition) is 5. The normalized spacial score (nSPS) is 21.7. The molecule has 1 N–H and O–H groups in total. The second kappa shape index (κ2) is 9.44. The van der Waals surface area contributed by atoms with Gasteiger partial charge in [-0.25, -0.2) is 9.69 Å². The van der Waals surface area contributed by atoms with Crippen LogP contribution in [0.5, 0.6) is 5.75 Å². The summed E-state index contributed by atoms with van der Waals surface area (Å²) in [4.78, 5) is 32.0. The van der Waals surface area contributed by atoms with Gasteiger partial charge in [0.2, 0.25) is 0 Å². The molecule has 1 atom stereocenters. The Kier molecular flexibility index (Phi) is 6.22. The summed E-state index contributed by atoms with van der Waals surface area (Å²) in [6.07, 6.45) is 0. The Morgan fingerprint density at radius 2 is 1.53 bits per heavy atom. The van der Waals surface area contributed by atoms with Crippen LogP contribution < -0.4 is 10.1 Å². The third-order valence-electron chi connectivity index (χ3n) is 6.83. The maximum atomic E-state index is 13.4. The number of ether oxygens (including phenoxy) is 1. The quantitative estimate of drug-likeness (QED) is 0.551. The minimum absolute atomic E-state index is 0.202. The molecule has 2 saturated heterocycles. The Hall–Kier alpha value is -3.42. The number of urea groups is 1. The molecule has 2 aliphatic heterocycles. The van der Waals surface area contributed by atoms with Gasteiger partial charge in [0.25, 0.3) is 5.91 Å². The highest BCUT2D eigenvalue weighted by atomic mass is 16.5. The van der Waals surface area contributed by atoms with Crippen molar-refractivity contribution >= 4 is 22.7 Å². The number of imide groups is 1. The van der Waals surface area contributed by atoms with Crippen molar-refractivity contribution < 1.29 is 14.3 Å². The fourth-order valence-electron chi connectivity index (χ4n) is 4.69. The number of nitrogens with zero attached hydrogens (tertiary/aromatic N) is 3. The SMILES string of the molecule is C[C@@]1(c2ccc3ccccc3c2)NC(=O)N(CN2CCN(CCOc3ccccc3)CC2)C1=O. The van der Waals surface area contributed by atoms with E-state index in [1.54, 1.807) is 6.92 Å². The molecular formula is C27H30N4O3. The van der Waals surface area contributed by atoms with E-state index in [1.165, 1.54) is 4.90 Å². The summed E-state index contributed by atoms with van der Waals surface area (Å²) in [5.41, 5.74) is -0.257. The molecule has 2 fully saturated rings. The highest BCUT2D eigenvalue weighted by molar-refractivity contribution is 6.07. The molecule has 0 saturated carbocycles. The van der Waals surface area contributed by atoms with Crippen molar-refractivity contribution in [3.8, 4) is 5.75 Å². The van der Waals surface area contributed by atoms with Crippen LogP contribution in [0.4, 0.5) is 4.79 Å². The monoisotopic (exact) mass is 458 g/mol. The summed E-state index contributed by atoms with van der Waals surface area (Å²) in [7, 11) is 0. The molecule has 34 heavy (non-hydrogen) atoms. The van der Waals surface area contributed by atoms with E-state index < -0.39 is 5.54 Å². The second-order valence-corrected chi connectivity index (χ2v) is 9.11. The van der Waals surface area contributed by atoms with E-state index in [-0.39, 0.29) is 11.9 Å². The molecule has 7 heteroatoms. The molecule has 0 spiro atoms. The summed E-state index contributed by atoms with van der Waals surface area (Å²) in [6.45, 7) is 6.95. The summed E-state index contributed by atoms with van der Waals surface area (Å²) < 4.78 is 5.80. The molecular weight excluding hydrogens is 428 g/mol. The van der Waals surface area contributed by atoms with E-state index in [1.807, 2.05) is 72.8 Å². The Labute approximate surface area is 199 Å². The summed E-state index contributed by atoms with van der Waals surface area (Å²) in [5.74, 6) is 0.681. The van der Waals surface area contributed by atoms with Gasteiger partial charge in [0.15, 0.2) is 0 Å². The lowest BCUT2D eigenvalue weighted by molar-refractivity contribution is -0.132. The van der Waals surface area contributed by atoms with Crippen LogP contribution in [-0.2, 0) is 10.3 Å². The lowest BCUT2D eigenvalue weighted by Crippen LogP contribution is -2.52. The van der Waals surface area contributed by atoms with Crippen molar-refractivity contribution in [1.29, 1.82) is 0 Å². The van der Waals surface area contributed by atoms with Gasteiger partial charge in [-0.2, -0.15) is 0 Å². The van der Waals surface area contributed by atoms with Crippen LogP contribution in [0.2, 0.25) is 0 Å². The predicted molar refractivity (Wildman–Crippen MR) is 131 cm³/mol. The van der Waals surface area contributed by atoms with Crippen LogP contribution in [0.1, 0.15) is 12.5 Å². The molecule has 176 valence electrons. The molecule has 7 nitrogen and oxygen atoms in total. The molecule has 3 amide bonds. The van der Waals surface area contributed by atoms with E-state index >= 15 is 0 Å². The van der Waals surface area contributed by atoms with Crippen molar-refractivity contribution in [3.05, 3.63) is 78.4 Å². The van der Waals surface area contributed by atoms with Gasteiger partial charge in [0.05, 0.1) is 6.67 Å². The van der Waals surface area contributed by atoms with E-state index in [4.69, 9.17) is 4.74 Å². The lowest BCUT2D eigenvalue weighted by atomic mass is 9.90. The zero-order valence-corrected chi connectivity index (χ0v) is 19.4. The number of hydrogen-bond donors (Lipinski definition) is 1. The minimum Gasteiger partial charge on any atom is -0.492 e. The lowest BCUT2D eigenvalue weighted by Gasteiger charge is -2.36. The van der Waals surface area contributed by atoms with Crippen LogP contribution in [0, 0.1) is 0 Å². The minimum atomic E-state index is -1.06. The van der Waals surface area contributed by atoms with Crippen LogP contribution in [0.15, 0.2) is 72.8 Å². The van der Waals surface area contributed by atoms with Gasteiger partial charge in [-0.3, -0.25) is 14.6 Å². The van der Waals surface area contributed by atoms with Gasteiger partial charge in [-0.05, 0) is 41.5 Å². The zero-order valence-electron chi connectivity index (χ0n) is 19.4. The second-order valence-electron chi connectivity index (χ2n) is 9.11. The van der Waals surface area contributed by atoms with Gasteiger partial charge >= 0.3 is 6.03 Å². The van der Waals surface area contributed by atoms with Crippen molar-refractivity contribution in [2.45, 2.75) is 12.5 Å². The molecule has 0 radical (unpaired) electrons. The first-order valence-corrected chi connectivity index (χ1v) is 11.8. The third-order valence-corrected chi connectivity index (χ3v) is 6.83. The van der Waals surface area contributed by atoms with Crippen LogP contribution in [0.25, 0.3) is 10.8 Å². The van der Waals surface area contributed by atoms with E-state index in [0.29, 0.717) is 13.3 Å². The van der Waals surface area contributed by atoms with Gasteiger partial charge in [0.1, 0.15) is 17.9 Å². The number of amides is 3. The van der Waals surface area contributed by atoms with Crippen molar-refractivity contribution in [2.24, 2.45) is 0 Å². The van der Waals surface area contributed by atoms with Crippen LogP contribution in [0.3, 0.4) is 0 Å². The largest absolute Gasteiger partial charge is 0.492 e. The fraction of sp³-hybridized carbons (Fsp3) is 0.333. The third kappa shape index (κ3) is 4.49. The highest BCUT2D eigenvalue weighted by Gasteiger charge is 2.49. The number of rotatable bonds is 7. The van der Waals surface area contributed by atoms with Crippen molar-refractivity contribution in [3.63, 3.8) is 0 Å². The number of benzene rings is 3. The van der Waals surface area contributed by atoms with Crippen molar-refractivity contribution in [2.75, 3.05) is 46.0 Å². The number of piperazine rings is 1. The Morgan fingerprint density at radius 3 is 2.29 bits per heavy atom. The number of carbonyl (C=O) groups excluding carboxylic acids is 2. The number of para-hydroxylation sites is 1. The first-order chi connectivity index (χ1) is 16.5. The predicted octanol–water partition coefficient (Wildman–Crippen LogP) is 3.26. The summed E-state index contributed by atoms with van der Waals surface area (Å²) in [6, 6.07) is 23.4. The van der Waals surface area contributed by atoms with E-state index in [2.05, 4.69) is 15.1 Å².